The van der Waals surface area contributed by atoms with Gasteiger partial charge >= 0.3 is 0 Å². The van der Waals surface area contributed by atoms with E-state index in [1.165, 1.54) is 16.0 Å². The van der Waals surface area contributed by atoms with Gasteiger partial charge in [0.25, 0.3) is 0 Å². The predicted molar refractivity (Wildman–Crippen MR) is 85.8 cm³/mol. The molecule has 5 heteroatoms. The third kappa shape index (κ3) is 2.95. The summed E-state index contributed by atoms with van der Waals surface area (Å²) >= 11 is 1.71. The fraction of sp³-hybridized carbons (Fsp3) is 0.438. The summed E-state index contributed by atoms with van der Waals surface area (Å²) in [5.41, 5.74) is 11.6. The van der Waals surface area contributed by atoms with Crippen molar-refractivity contribution < 1.29 is 4.74 Å². The van der Waals surface area contributed by atoms with Gasteiger partial charge in [-0.15, -0.1) is 11.3 Å². The number of nitrogens with two attached hydrogens (primary N) is 1. The lowest BCUT2D eigenvalue weighted by molar-refractivity contribution is 0.243. The summed E-state index contributed by atoms with van der Waals surface area (Å²) in [4.78, 5) is 7.93. The summed E-state index contributed by atoms with van der Waals surface area (Å²) in [6.45, 7) is 4.34. The van der Waals surface area contributed by atoms with E-state index in [1.807, 2.05) is 5.51 Å². The molecule has 112 valence electrons. The van der Waals surface area contributed by atoms with Crippen LogP contribution in [0.25, 0.3) is 0 Å². The van der Waals surface area contributed by atoms with Crippen LogP contribution in [0.5, 0.6) is 5.75 Å². The SMILES string of the molecule is Cc1ncsc1CN(C)C(CN)c1ccc2c(c1)CCO2. The summed E-state index contributed by atoms with van der Waals surface area (Å²) in [6, 6.07) is 6.68. The molecular weight excluding hydrogens is 282 g/mol. The predicted octanol–water partition coefficient (Wildman–Crippen LogP) is 2.52. The first-order chi connectivity index (χ1) is 10.2. The molecular formula is C16H21N3OS. The maximum absolute atomic E-state index is 6.03. The van der Waals surface area contributed by atoms with Crippen LogP contribution in [0, 0.1) is 6.92 Å². The molecule has 1 aliphatic rings. The largest absolute Gasteiger partial charge is 0.493 e. The standard InChI is InChI=1S/C16H21N3OS/c1-11-16(21-10-18-11)9-19(2)14(8-17)12-3-4-15-13(7-12)5-6-20-15/h3-4,7,10,14H,5-6,8-9,17H2,1-2H3. The van der Waals surface area contributed by atoms with Crippen LogP contribution in [0.4, 0.5) is 0 Å². The number of hydrogen-bond acceptors (Lipinski definition) is 5. The van der Waals surface area contributed by atoms with Crippen molar-refractivity contribution in [3.8, 4) is 5.75 Å². The summed E-state index contributed by atoms with van der Waals surface area (Å²) in [6.07, 6.45) is 0.998. The van der Waals surface area contributed by atoms with Gasteiger partial charge in [-0.05, 0) is 31.2 Å². The number of aromatic nitrogens is 1. The zero-order valence-electron chi connectivity index (χ0n) is 12.5. The van der Waals surface area contributed by atoms with E-state index in [2.05, 4.69) is 42.1 Å². The number of nitrogens with zero attached hydrogens (tertiary/aromatic N) is 2. The van der Waals surface area contributed by atoms with Crippen molar-refractivity contribution in [2.45, 2.75) is 25.9 Å². The Morgan fingerprint density at radius 2 is 2.33 bits per heavy atom. The molecule has 2 heterocycles. The number of fused-ring (bicyclic) bond motifs is 1. The molecule has 0 spiro atoms. The van der Waals surface area contributed by atoms with Crippen molar-refractivity contribution in [1.29, 1.82) is 0 Å². The molecule has 1 aromatic carbocycles. The lowest BCUT2D eigenvalue weighted by Gasteiger charge is -2.27. The van der Waals surface area contributed by atoms with Crippen LogP contribution >= 0.6 is 11.3 Å². The molecule has 1 unspecified atom stereocenters. The number of aryl methyl sites for hydroxylation is 1. The fourth-order valence-electron chi connectivity index (χ4n) is 2.80. The van der Waals surface area contributed by atoms with Gasteiger partial charge in [-0.1, -0.05) is 12.1 Å². The van der Waals surface area contributed by atoms with Crippen LogP contribution in [0.15, 0.2) is 23.7 Å². The molecule has 0 fully saturated rings. The van der Waals surface area contributed by atoms with Crippen molar-refractivity contribution in [3.05, 3.63) is 45.4 Å². The van der Waals surface area contributed by atoms with E-state index in [0.717, 1.165) is 31.0 Å². The van der Waals surface area contributed by atoms with E-state index in [1.54, 1.807) is 11.3 Å². The minimum absolute atomic E-state index is 0.220. The first-order valence-corrected chi connectivity index (χ1v) is 8.12. The van der Waals surface area contributed by atoms with Gasteiger partial charge in [-0.25, -0.2) is 4.98 Å². The molecule has 0 saturated heterocycles. The third-order valence-electron chi connectivity index (χ3n) is 4.09. The van der Waals surface area contributed by atoms with Crippen LogP contribution in [-0.4, -0.2) is 30.1 Å². The van der Waals surface area contributed by atoms with Gasteiger partial charge in [-0.3, -0.25) is 4.90 Å². The fourth-order valence-corrected chi connectivity index (χ4v) is 3.64. The Balaban J connectivity index is 1.79. The second kappa shape index (κ2) is 6.13. The Labute approximate surface area is 129 Å². The number of ether oxygens (including phenoxy) is 1. The zero-order chi connectivity index (χ0) is 14.8. The maximum atomic E-state index is 6.03. The highest BCUT2D eigenvalue weighted by Crippen LogP contribution is 2.30. The minimum atomic E-state index is 0.220. The van der Waals surface area contributed by atoms with Gasteiger partial charge in [0.15, 0.2) is 0 Å². The molecule has 0 radical (unpaired) electrons. The zero-order valence-corrected chi connectivity index (χ0v) is 13.3. The Bertz CT molecular complexity index is 626. The van der Waals surface area contributed by atoms with E-state index >= 15 is 0 Å². The first kappa shape index (κ1) is 14.5. The third-order valence-corrected chi connectivity index (χ3v) is 5.01. The first-order valence-electron chi connectivity index (χ1n) is 7.24. The number of rotatable bonds is 5. The van der Waals surface area contributed by atoms with Gasteiger partial charge in [0.2, 0.25) is 0 Å². The van der Waals surface area contributed by atoms with Crippen LogP contribution in [0.2, 0.25) is 0 Å². The normalized spacial score (nSPS) is 15.0. The summed E-state index contributed by atoms with van der Waals surface area (Å²) in [7, 11) is 2.13. The molecule has 2 N–H and O–H groups in total. The van der Waals surface area contributed by atoms with E-state index in [-0.39, 0.29) is 6.04 Å². The molecule has 4 nitrogen and oxygen atoms in total. The van der Waals surface area contributed by atoms with Crippen LogP contribution in [-0.2, 0) is 13.0 Å². The average Bonchev–Trinajstić information content (AvgIpc) is 3.09. The highest BCUT2D eigenvalue weighted by atomic mass is 32.1. The second-order valence-electron chi connectivity index (χ2n) is 5.49. The smallest absolute Gasteiger partial charge is 0.122 e. The summed E-state index contributed by atoms with van der Waals surface area (Å²) in [5, 5.41) is 0. The van der Waals surface area contributed by atoms with E-state index in [0.29, 0.717) is 6.54 Å². The van der Waals surface area contributed by atoms with Gasteiger partial charge in [0.05, 0.1) is 17.8 Å². The number of thiazole rings is 1. The molecule has 1 atom stereocenters. The van der Waals surface area contributed by atoms with Gasteiger partial charge in [0.1, 0.15) is 5.75 Å². The number of likely N-dealkylation sites (N-methyl/N-ethyl adjacent to an activating group) is 1. The average molecular weight is 303 g/mol. The molecule has 2 aromatic rings. The molecule has 1 aromatic heterocycles. The van der Waals surface area contributed by atoms with Gasteiger partial charge in [0, 0.05) is 30.4 Å². The number of benzene rings is 1. The van der Waals surface area contributed by atoms with Gasteiger partial charge in [-0.2, -0.15) is 0 Å². The summed E-state index contributed by atoms with van der Waals surface area (Å²) < 4.78 is 5.58. The van der Waals surface area contributed by atoms with Crippen molar-refractivity contribution in [3.63, 3.8) is 0 Å². The van der Waals surface area contributed by atoms with E-state index in [9.17, 15) is 0 Å². The Morgan fingerprint density at radius 1 is 1.48 bits per heavy atom. The van der Waals surface area contributed by atoms with E-state index in [4.69, 9.17) is 10.5 Å². The second-order valence-corrected chi connectivity index (χ2v) is 6.43. The van der Waals surface area contributed by atoms with Crippen LogP contribution in [0.1, 0.15) is 27.7 Å². The molecule has 1 aliphatic heterocycles. The van der Waals surface area contributed by atoms with Crippen molar-refractivity contribution in [1.82, 2.24) is 9.88 Å². The highest BCUT2D eigenvalue weighted by Gasteiger charge is 2.20. The minimum Gasteiger partial charge on any atom is -0.493 e. The van der Waals surface area contributed by atoms with Crippen LogP contribution in [0.3, 0.4) is 0 Å². The molecule has 0 saturated carbocycles. The lowest BCUT2D eigenvalue weighted by atomic mass is 10.0. The lowest BCUT2D eigenvalue weighted by Crippen LogP contribution is -2.30. The molecule has 0 aliphatic carbocycles. The molecule has 0 bridgehead atoms. The van der Waals surface area contributed by atoms with Crippen molar-refractivity contribution in [2.24, 2.45) is 5.73 Å². The van der Waals surface area contributed by atoms with Crippen molar-refractivity contribution >= 4 is 11.3 Å². The summed E-state index contributed by atoms with van der Waals surface area (Å²) in [5.74, 6) is 1.02. The Morgan fingerprint density at radius 3 is 3.05 bits per heavy atom. The molecule has 0 amide bonds. The van der Waals surface area contributed by atoms with Gasteiger partial charge < -0.3 is 10.5 Å². The Kier molecular flexibility index (Phi) is 4.24. The topological polar surface area (TPSA) is 51.4 Å². The van der Waals surface area contributed by atoms with E-state index < -0.39 is 0 Å². The molecule has 3 rings (SSSR count). The maximum Gasteiger partial charge on any atom is 0.122 e. The van der Waals surface area contributed by atoms with Crippen molar-refractivity contribution in [2.75, 3.05) is 20.2 Å². The number of hydrogen-bond donors (Lipinski definition) is 1. The monoisotopic (exact) mass is 303 g/mol. The highest BCUT2D eigenvalue weighted by molar-refractivity contribution is 7.09. The Hall–Kier alpha value is -1.43. The molecule has 21 heavy (non-hydrogen) atoms. The quantitative estimate of drug-likeness (QED) is 0.922. The van der Waals surface area contributed by atoms with Crippen LogP contribution < -0.4 is 10.5 Å².